The highest BCUT2D eigenvalue weighted by molar-refractivity contribution is 5.94. The predicted molar refractivity (Wildman–Crippen MR) is 77.4 cm³/mol. The van der Waals surface area contributed by atoms with Crippen LogP contribution in [0.25, 0.3) is 6.08 Å². The summed E-state index contributed by atoms with van der Waals surface area (Å²) in [6.07, 6.45) is 6.23. The van der Waals surface area contributed by atoms with Gasteiger partial charge >= 0.3 is 5.97 Å². The SMILES string of the molecule is CC(NC(=O)c1ccc(/C=C/C(=O)O)cc1)C1CCC1. The summed E-state index contributed by atoms with van der Waals surface area (Å²) in [6, 6.07) is 7.11. The Balaban J connectivity index is 1.94. The van der Waals surface area contributed by atoms with Gasteiger partial charge in [-0.3, -0.25) is 4.79 Å². The Morgan fingerprint density at radius 1 is 1.30 bits per heavy atom. The lowest BCUT2D eigenvalue weighted by atomic mass is 9.80. The van der Waals surface area contributed by atoms with Gasteiger partial charge in [-0.2, -0.15) is 0 Å². The zero-order chi connectivity index (χ0) is 14.5. The van der Waals surface area contributed by atoms with E-state index < -0.39 is 5.97 Å². The van der Waals surface area contributed by atoms with Gasteiger partial charge in [0.25, 0.3) is 5.91 Å². The lowest BCUT2D eigenvalue weighted by Gasteiger charge is -2.31. The van der Waals surface area contributed by atoms with Crippen LogP contribution in [0, 0.1) is 5.92 Å². The van der Waals surface area contributed by atoms with E-state index >= 15 is 0 Å². The summed E-state index contributed by atoms with van der Waals surface area (Å²) in [7, 11) is 0. The number of aliphatic carboxylic acids is 1. The standard InChI is InChI=1S/C16H19NO3/c1-11(13-3-2-4-13)17-16(20)14-8-5-12(6-9-14)7-10-15(18)19/h5-11,13H,2-4H2,1H3,(H,17,20)(H,18,19)/b10-7+. The van der Waals surface area contributed by atoms with Crippen LogP contribution in [0.1, 0.15) is 42.1 Å². The third-order valence-electron chi connectivity index (χ3n) is 3.81. The summed E-state index contributed by atoms with van der Waals surface area (Å²) in [4.78, 5) is 22.5. The minimum absolute atomic E-state index is 0.0711. The van der Waals surface area contributed by atoms with E-state index in [9.17, 15) is 9.59 Å². The molecule has 1 aliphatic rings. The summed E-state index contributed by atoms with van der Waals surface area (Å²) in [6.45, 7) is 2.05. The number of hydrogen-bond acceptors (Lipinski definition) is 2. The molecule has 0 aromatic heterocycles. The van der Waals surface area contributed by atoms with E-state index in [1.54, 1.807) is 24.3 Å². The molecule has 1 fully saturated rings. The van der Waals surface area contributed by atoms with Crippen LogP contribution in [0.5, 0.6) is 0 Å². The zero-order valence-electron chi connectivity index (χ0n) is 11.5. The van der Waals surface area contributed by atoms with Crippen LogP contribution >= 0.6 is 0 Å². The van der Waals surface area contributed by atoms with Crippen molar-refractivity contribution in [3.05, 3.63) is 41.5 Å². The Labute approximate surface area is 118 Å². The van der Waals surface area contributed by atoms with Gasteiger partial charge in [0.1, 0.15) is 0 Å². The summed E-state index contributed by atoms with van der Waals surface area (Å²) in [5.41, 5.74) is 1.36. The third kappa shape index (κ3) is 3.70. The molecular formula is C16H19NO3. The van der Waals surface area contributed by atoms with Crippen molar-refractivity contribution in [3.8, 4) is 0 Å². The van der Waals surface area contributed by atoms with E-state index in [-0.39, 0.29) is 11.9 Å². The van der Waals surface area contributed by atoms with Gasteiger partial charge < -0.3 is 10.4 Å². The number of hydrogen-bond donors (Lipinski definition) is 2. The number of benzene rings is 1. The van der Waals surface area contributed by atoms with Crippen molar-refractivity contribution in [2.45, 2.75) is 32.2 Å². The van der Waals surface area contributed by atoms with Crippen LogP contribution in [-0.4, -0.2) is 23.0 Å². The molecule has 1 saturated carbocycles. The van der Waals surface area contributed by atoms with Crippen molar-refractivity contribution < 1.29 is 14.7 Å². The van der Waals surface area contributed by atoms with Crippen molar-refractivity contribution in [1.82, 2.24) is 5.32 Å². The first kappa shape index (κ1) is 14.3. The average molecular weight is 273 g/mol. The van der Waals surface area contributed by atoms with E-state index in [2.05, 4.69) is 5.32 Å². The van der Waals surface area contributed by atoms with Gasteiger partial charge in [-0.1, -0.05) is 18.6 Å². The van der Waals surface area contributed by atoms with Gasteiger partial charge in [-0.25, -0.2) is 4.79 Å². The Hall–Kier alpha value is -2.10. The molecule has 1 amide bonds. The topological polar surface area (TPSA) is 66.4 Å². The highest BCUT2D eigenvalue weighted by Crippen LogP contribution is 2.29. The first-order chi connectivity index (χ1) is 9.56. The minimum atomic E-state index is -0.985. The minimum Gasteiger partial charge on any atom is -0.478 e. The van der Waals surface area contributed by atoms with Crippen molar-refractivity contribution >= 4 is 18.0 Å². The van der Waals surface area contributed by atoms with E-state index in [0.717, 1.165) is 11.6 Å². The second kappa shape index (κ2) is 6.37. The fraction of sp³-hybridized carbons (Fsp3) is 0.375. The first-order valence-electron chi connectivity index (χ1n) is 6.88. The van der Waals surface area contributed by atoms with E-state index in [1.165, 1.54) is 25.3 Å². The molecule has 1 aliphatic carbocycles. The second-order valence-corrected chi connectivity index (χ2v) is 5.25. The maximum absolute atomic E-state index is 12.1. The van der Waals surface area contributed by atoms with E-state index in [4.69, 9.17) is 5.11 Å². The summed E-state index contributed by atoms with van der Waals surface area (Å²) >= 11 is 0. The predicted octanol–water partition coefficient (Wildman–Crippen LogP) is 2.70. The highest BCUT2D eigenvalue weighted by Gasteiger charge is 2.25. The van der Waals surface area contributed by atoms with Crippen molar-refractivity contribution in [1.29, 1.82) is 0 Å². The molecule has 1 atom stereocenters. The number of nitrogens with one attached hydrogen (secondary N) is 1. The molecule has 1 unspecified atom stereocenters. The molecule has 0 spiro atoms. The molecule has 4 nitrogen and oxygen atoms in total. The number of amides is 1. The maximum atomic E-state index is 12.1. The number of carboxylic acid groups (broad SMARTS) is 1. The number of carboxylic acids is 1. The lowest BCUT2D eigenvalue weighted by molar-refractivity contribution is -0.131. The Bertz CT molecular complexity index is 515. The molecule has 1 aromatic rings. The third-order valence-corrected chi connectivity index (χ3v) is 3.81. The molecule has 2 rings (SSSR count). The molecule has 2 N–H and O–H groups in total. The van der Waals surface area contributed by atoms with Crippen LogP contribution in [0.2, 0.25) is 0 Å². The fourth-order valence-corrected chi connectivity index (χ4v) is 2.26. The van der Waals surface area contributed by atoms with Crippen molar-refractivity contribution in [3.63, 3.8) is 0 Å². The normalized spacial score (nSPS) is 16.6. The average Bonchev–Trinajstić information content (AvgIpc) is 2.34. The molecule has 4 heteroatoms. The second-order valence-electron chi connectivity index (χ2n) is 5.25. The molecular weight excluding hydrogens is 254 g/mol. The van der Waals surface area contributed by atoms with Crippen molar-refractivity contribution in [2.24, 2.45) is 5.92 Å². The van der Waals surface area contributed by atoms with Crippen LogP contribution < -0.4 is 5.32 Å². The summed E-state index contributed by atoms with van der Waals surface area (Å²) < 4.78 is 0. The Kier molecular flexibility index (Phi) is 4.56. The van der Waals surface area contributed by atoms with Gasteiger partial charge in [-0.15, -0.1) is 0 Å². The largest absolute Gasteiger partial charge is 0.478 e. The Morgan fingerprint density at radius 3 is 2.45 bits per heavy atom. The van der Waals surface area contributed by atoms with Gasteiger partial charge in [0, 0.05) is 17.7 Å². The van der Waals surface area contributed by atoms with Crippen LogP contribution in [0.4, 0.5) is 0 Å². The number of carbonyl (C=O) groups excluding carboxylic acids is 1. The molecule has 20 heavy (non-hydrogen) atoms. The zero-order valence-corrected chi connectivity index (χ0v) is 11.5. The van der Waals surface area contributed by atoms with Gasteiger partial charge in [-0.05, 0) is 49.5 Å². The van der Waals surface area contributed by atoms with Crippen LogP contribution in [0.3, 0.4) is 0 Å². The lowest BCUT2D eigenvalue weighted by Crippen LogP contribution is -2.40. The summed E-state index contributed by atoms with van der Waals surface area (Å²) in [5.74, 6) is -0.448. The molecule has 0 heterocycles. The Morgan fingerprint density at radius 2 is 1.95 bits per heavy atom. The van der Waals surface area contributed by atoms with E-state index in [0.29, 0.717) is 11.5 Å². The van der Waals surface area contributed by atoms with Gasteiger partial charge in [0.2, 0.25) is 0 Å². The molecule has 1 aromatic carbocycles. The molecule has 0 aliphatic heterocycles. The number of carbonyl (C=O) groups is 2. The smallest absolute Gasteiger partial charge is 0.328 e. The molecule has 0 radical (unpaired) electrons. The maximum Gasteiger partial charge on any atom is 0.328 e. The first-order valence-corrected chi connectivity index (χ1v) is 6.88. The van der Waals surface area contributed by atoms with Gasteiger partial charge in [0.05, 0.1) is 0 Å². The molecule has 0 saturated heterocycles. The fourth-order valence-electron chi connectivity index (χ4n) is 2.26. The monoisotopic (exact) mass is 273 g/mol. The number of rotatable bonds is 5. The molecule has 106 valence electrons. The van der Waals surface area contributed by atoms with E-state index in [1.807, 2.05) is 6.92 Å². The van der Waals surface area contributed by atoms with Gasteiger partial charge in [0.15, 0.2) is 0 Å². The highest BCUT2D eigenvalue weighted by atomic mass is 16.4. The summed E-state index contributed by atoms with van der Waals surface area (Å²) in [5, 5.41) is 11.6. The van der Waals surface area contributed by atoms with Crippen molar-refractivity contribution in [2.75, 3.05) is 0 Å². The van der Waals surface area contributed by atoms with Crippen LogP contribution in [-0.2, 0) is 4.79 Å². The molecule has 0 bridgehead atoms. The quantitative estimate of drug-likeness (QED) is 0.811. The van der Waals surface area contributed by atoms with Crippen LogP contribution in [0.15, 0.2) is 30.3 Å².